The lowest BCUT2D eigenvalue weighted by atomic mass is 10.0. The highest BCUT2D eigenvalue weighted by Crippen LogP contribution is 2.13. The molecule has 1 aromatic rings. The Hall–Kier alpha value is -1.62. The highest BCUT2D eigenvalue weighted by atomic mass is 35.5. The van der Waals surface area contributed by atoms with Gasteiger partial charge in [-0.25, -0.2) is 0 Å². The number of hydrogen-bond donors (Lipinski definition) is 1. The van der Waals surface area contributed by atoms with Gasteiger partial charge in [0.1, 0.15) is 5.69 Å². The van der Waals surface area contributed by atoms with E-state index in [1.807, 2.05) is 0 Å². The molecule has 1 saturated heterocycles. The van der Waals surface area contributed by atoms with Crippen LogP contribution in [0.4, 0.5) is 0 Å². The first-order valence-electron chi connectivity index (χ1n) is 6.76. The predicted molar refractivity (Wildman–Crippen MR) is 76.6 cm³/mol. The average Bonchev–Trinajstić information content (AvgIpc) is 2.48. The molecule has 2 heterocycles. The quantitative estimate of drug-likeness (QED) is 0.855. The van der Waals surface area contributed by atoms with Crippen LogP contribution in [0.15, 0.2) is 24.4 Å². The first-order chi connectivity index (χ1) is 9.70. The smallest absolute Gasteiger partial charge is 0.272 e. The SMILES string of the molecule is O=C(CCCl)NC1CCN(C(=O)c2ccccn2)CC1. The van der Waals surface area contributed by atoms with Crippen LogP contribution in [0.5, 0.6) is 0 Å². The lowest BCUT2D eigenvalue weighted by Gasteiger charge is -2.32. The van der Waals surface area contributed by atoms with Crippen molar-refractivity contribution in [3.8, 4) is 0 Å². The highest BCUT2D eigenvalue weighted by Gasteiger charge is 2.24. The molecule has 0 spiro atoms. The van der Waals surface area contributed by atoms with Gasteiger partial charge in [0.15, 0.2) is 0 Å². The predicted octanol–water partition coefficient (Wildman–Crippen LogP) is 1.43. The maximum Gasteiger partial charge on any atom is 0.272 e. The third-order valence-electron chi connectivity index (χ3n) is 3.35. The fourth-order valence-electron chi connectivity index (χ4n) is 2.26. The highest BCUT2D eigenvalue weighted by molar-refractivity contribution is 6.18. The van der Waals surface area contributed by atoms with E-state index in [2.05, 4.69) is 10.3 Å². The minimum atomic E-state index is -0.0452. The number of carbonyl (C=O) groups is 2. The molecule has 0 aromatic carbocycles. The molecule has 1 aliphatic heterocycles. The van der Waals surface area contributed by atoms with Crippen molar-refractivity contribution in [2.75, 3.05) is 19.0 Å². The van der Waals surface area contributed by atoms with Gasteiger partial charge in [-0.05, 0) is 25.0 Å². The number of halogens is 1. The van der Waals surface area contributed by atoms with Gasteiger partial charge in [-0.3, -0.25) is 14.6 Å². The fraction of sp³-hybridized carbons (Fsp3) is 0.500. The van der Waals surface area contributed by atoms with Gasteiger partial charge in [-0.1, -0.05) is 6.07 Å². The molecule has 5 nitrogen and oxygen atoms in total. The molecule has 1 aromatic heterocycles. The molecule has 2 rings (SSSR count). The molecule has 0 bridgehead atoms. The molecule has 20 heavy (non-hydrogen) atoms. The number of nitrogens with one attached hydrogen (secondary N) is 1. The first-order valence-corrected chi connectivity index (χ1v) is 7.30. The molecular formula is C14H18ClN3O2. The Bertz CT molecular complexity index is 459. The summed E-state index contributed by atoms with van der Waals surface area (Å²) < 4.78 is 0. The van der Waals surface area contributed by atoms with Crippen LogP contribution >= 0.6 is 11.6 Å². The summed E-state index contributed by atoms with van der Waals surface area (Å²) in [6.07, 6.45) is 3.50. The summed E-state index contributed by atoms with van der Waals surface area (Å²) in [7, 11) is 0. The van der Waals surface area contributed by atoms with Crippen molar-refractivity contribution in [1.29, 1.82) is 0 Å². The lowest BCUT2D eigenvalue weighted by Crippen LogP contribution is -2.46. The van der Waals surface area contributed by atoms with Crippen molar-refractivity contribution in [3.63, 3.8) is 0 Å². The number of rotatable bonds is 4. The Morgan fingerprint density at radius 1 is 1.35 bits per heavy atom. The van der Waals surface area contributed by atoms with Crippen LogP contribution in [0, 0.1) is 0 Å². The molecule has 1 fully saturated rings. The summed E-state index contributed by atoms with van der Waals surface area (Å²) in [6, 6.07) is 5.45. The zero-order valence-electron chi connectivity index (χ0n) is 11.2. The molecule has 108 valence electrons. The van der Waals surface area contributed by atoms with Crippen molar-refractivity contribution in [2.24, 2.45) is 0 Å². The van der Waals surface area contributed by atoms with Crippen LogP contribution in [-0.4, -0.2) is 46.7 Å². The van der Waals surface area contributed by atoms with E-state index in [1.54, 1.807) is 29.3 Å². The topological polar surface area (TPSA) is 62.3 Å². The van der Waals surface area contributed by atoms with E-state index in [-0.39, 0.29) is 17.9 Å². The van der Waals surface area contributed by atoms with E-state index >= 15 is 0 Å². The molecule has 1 aliphatic rings. The molecule has 6 heteroatoms. The summed E-state index contributed by atoms with van der Waals surface area (Å²) in [5.41, 5.74) is 0.470. The van der Waals surface area contributed by atoms with Crippen molar-refractivity contribution >= 4 is 23.4 Å². The zero-order valence-corrected chi connectivity index (χ0v) is 12.0. The van der Waals surface area contributed by atoms with Gasteiger partial charge in [0.05, 0.1) is 0 Å². The molecule has 2 amide bonds. The fourth-order valence-corrected chi connectivity index (χ4v) is 2.44. The van der Waals surface area contributed by atoms with E-state index < -0.39 is 0 Å². The summed E-state index contributed by atoms with van der Waals surface area (Å²) in [5, 5.41) is 2.94. The number of hydrogen-bond acceptors (Lipinski definition) is 3. The molecule has 0 saturated carbocycles. The lowest BCUT2D eigenvalue weighted by molar-refractivity contribution is -0.121. The number of amides is 2. The molecular weight excluding hydrogens is 278 g/mol. The number of likely N-dealkylation sites (tertiary alicyclic amines) is 1. The van der Waals surface area contributed by atoms with Gasteiger partial charge in [0, 0.05) is 37.6 Å². The van der Waals surface area contributed by atoms with Crippen LogP contribution < -0.4 is 5.32 Å². The Morgan fingerprint density at radius 3 is 2.70 bits per heavy atom. The van der Waals surface area contributed by atoms with Crippen LogP contribution in [0.3, 0.4) is 0 Å². The van der Waals surface area contributed by atoms with Gasteiger partial charge < -0.3 is 10.2 Å². The molecule has 0 radical (unpaired) electrons. The largest absolute Gasteiger partial charge is 0.353 e. The number of pyridine rings is 1. The number of alkyl halides is 1. The Morgan fingerprint density at radius 2 is 2.10 bits per heavy atom. The summed E-state index contributed by atoms with van der Waals surface area (Å²) in [5.74, 6) is 0.272. The average molecular weight is 296 g/mol. The molecule has 0 unspecified atom stereocenters. The van der Waals surface area contributed by atoms with E-state index in [1.165, 1.54) is 0 Å². The van der Waals surface area contributed by atoms with Crippen LogP contribution in [0.2, 0.25) is 0 Å². The van der Waals surface area contributed by atoms with Crippen molar-refractivity contribution in [2.45, 2.75) is 25.3 Å². The van der Waals surface area contributed by atoms with E-state index in [0.717, 1.165) is 12.8 Å². The van der Waals surface area contributed by atoms with Crippen molar-refractivity contribution in [3.05, 3.63) is 30.1 Å². The zero-order chi connectivity index (χ0) is 14.4. The maximum atomic E-state index is 12.2. The van der Waals surface area contributed by atoms with Crippen LogP contribution in [-0.2, 0) is 4.79 Å². The van der Waals surface area contributed by atoms with Gasteiger partial charge in [0.2, 0.25) is 5.91 Å². The Kier molecular flexibility index (Phi) is 5.35. The van der Waals surface area contributed by atoms with Crippen molar-refractivity contribution in [1.82, 2.24) is 15.2 Å². The maximum absolute atomic E-state index is 12.2. The second-order valence-corrected chi connectivity index (χ2v) is 5.17. The second-order valence-electron chi connectivity index (χ2n) is 4.79. The minimum absolute atomic E-state index is 0.0190. The van der Waals surface area contributed by atoms with Gasteiger partial charge in [-0.15, -0.1) is 11.6 Å². The van der Waals surface area contributed by atoms with Crippen molar-refractivity contribution < 1.29 is 9.59 Å². The van der Waals surface area contributed by atoms with Gasteiger partial charge >= 0.3 is 0 Å². The van der Waals surface area contributed by atoms with E-state index in [9.17, 15) is 9.59 Å². The molecule has 1 N–H and O–H groups in total. The Labute approximate surface area is 123 Å². The molecule has 0 atom stereocenters. The standard InChI is InChI=1S/C14H18ClN3O2/c15-7-4-13(19)17-11-5-9-18(10-6-11)14(20)12-3-1-2-8-16-12/h1-3,8,11H,4-7,9-10H2,(H,17,19). The third kappa shape index (κ3) is 3.93. The monoisotopic (exact) mass is 295 g/mol. The van der Waals surface area contributed by atoms with Crippen LogP contribution in [0.1, 0.15) is 29.8 Å². The third-order valence-corrected chi connectivity index (χ3v) is 3.54. The number of piperidine rings is 1. The normalized spacial score (nSPS) is 15.9. The first kappa shape index (κ1) is 14.8. The molecule has 0 aliphatic carbocycles. The van der Waals surface area contributed by atoms with E-state index in [0.29, 0.717) is 31.1 Å². The van der Waals surface area contributed by atoms with E-state index in [4.69, 9.17) is 11.6 Å². The summed E-state index contributed by atoms with van der Waals surface area (Å²) in [4.78, 5) is 29.5. The number of carbonyl (C=O) groups excluding carboxylic acids is 2. The second kappa shape index (κ2) is 7.24. The minimum Gasteiger partial charge on any atom is -0.353 e. The van der Waals surface area contributed by atoms with Crippen LogP contribution in [0.25, 0.3) is 0 Å². The number of aromatic nitrogens is 1. The Balaban J connectivity index is 1.82. The number of nitrogens with zero attached hydrogens (tertiary/aromatic N) is 2. The summed E-state index contributed by atoms with van der Waals surface area (Å²) >= 11 is 5.53. The van der Waals surface area contributed by atoms with Gasteiger partial charge in [0.25, 0.3) is 5.91 Å². The summed E-state index contributed by atoms with van der Waals surface area (Å²) in [6.45, 7) is 1.28. The van der Waals surface area contributed by atoms with Gasteiger partial charge in [-0.2, -0.15) is 0 Å².